The summed E-state index contributed by atoms with van der Waals surface area (Å²) in [5, 5.41) is 0. The van der Waals surface area contributed by atoms with Gasteiger partial charge in [-0.3, -0.25) is 4.90 Å². The Morgan fingerprint density at radius 3 is 2.00 bits per heavy atom. The highest BCUT2D eigenvalue weighted by Gasteiger charge is 2.08. The first kappa shape index (κ1) is 11.0. The van der Waals surface area contributed by atoms with Gasteiger partial charge in [0.1, 0.15) is 0 Å². The van der Waals surface area contributed by atoms with Gasteiger partial charge in [0.2, 0.25) is 0 Å². The van der Waals surface area contributed by atoms with Crippen molar-refractivity contribution in [1.29, 1.82) is 0 Å². The quantitative estimate of drug-likeness (QED) is 0.703. The molecule has 2 fully saturated rings. The molecule has 0 atom stereocenters. The van der Waals surface area contributed by atoms with E-state index in [9.17, 15) is 0 Å². The molecular formula is C13H24N2. The minimum Gasteiger partial charge on any atom is -0.378 e. The zero-order chi connectivity index (χ0) is 10.3. The van der Waals surface area contributed by atoms with Crippen molar-refractivity contribution >= 4 is 0 Å². The molecule has 0 amide bonds. The fraction of sp³-hybridized carbons (Fsp3) is 0.846. The minimum atomic E-state index is 1.16. The Morgan fingerprint density at radius 2 is 1.33 bits per heavy atom. The fourth-order valence-electron chi connectivity index (χ4n) is 2.55. The summed E-state index contributed by atoms with van der Waals surface area (Å²) in [5.74, 6) is 0. The Bertz CT molecular complexity index is 189. The molecule has 2 saturated heterocycles. The zero-order valence-corrected chi connectivity index (χ0v) is 9.83. The predicted octanol–water partition coefficient (Wildman–Crippen LogP) is 2.47. The van der Waals surface area contributed by atoms with Crippen molar-refractivity contribution in [2.24, 2.45) is 0 Å². The Labute approximate surface area is 93.9 Å². The molecule has 0 aliphatic carbocycles. The molecular weight excluding hydrogens is 184 g/mol. The second-order valence-electron chi connectivity index (χ2n) is 4.84. The van der Waals surface area contributed by atoms with Gasteiger partial charge in [0.25, 0.3) is 0 Å². The summed E-state index contributed by atoms with van der Waals surface area (Å²) in [6.45, 7) is 6.33. The smallest absolute Gasteiger partial charge is 0.0180 e. The van der Waals surface area contributed by atoms with Gasteiger partial charge in [0.05, 0.1) is 0 Å². The fourth-order valence-corrected chi connectivity index (χ4v) is 2.55. The van der Waals surface area contributed by atoms with Gasteiger partial charge < -0.3 is 4.90 Å². The average molecular weight is 208 g/mol. The molecule has 2 rings (SSSR count). The van der Waals surface area contributed by atoms with E-state index in [1.807, 2.05) is 0 Å². The van der Waals surface area contributed by atoms with Gasteiger partial charge in [-0.15, -0.1) is 0 Å². The van der Waals surface area contributed by atoms with Crippen LogP contribution in [0.3, 0.4) is 0 Å². The SMILES string of the molecule is C(=CN1CCCCC1)CN1CCCCC1. The molecule has 0 bridgehead atoms. The summed E-state index contributed by atoms with van der Waals surface area (Å²) in [5.41, 5.74) is 0. The summed E-state index contributed by atoms with van der Waals surface area (Å²) in [6.07, 6.45) is 13.1. The highest BCUT2D eigenvalue weighted by atomic mass is 15.1. The zero-order valence-electron chi connectivity index (χ0n) is 9.83. The van der Waals surface area contributed by atoms with Crippen molar-refractivity contribution in [2.75, 3.05) is 32.7 Å². The van der Waals surface area contributed by atoms with Gasteiger partial charge >= 0.3 is 0 Å². The Morgan fingerprint density at radius 1 is 0.733 bits per heavy atom. The van der Waals surface area contributed by atoms with Crippen LogP contribution in [0, 0.1) is 0 Å². The van der Waals surface area contributed by atoms with Crippen LogP contribution in [0.15, 0.2) is 12.3 Å². The first-order valence-electron chi connectivity index (χ1n) is 6.58. The molecule has 2 aliphatic heterocycles. The lowest BCUT2D eigenvalue weighted by Crippen LogP contribution is -2.30. The number of likely N-dealkylation sites (tertiary alicyclic amines) is 2. The lowest BCUT2D eigenvalue weighted by Gasteiger charge is -2.27. The van der Waals surface area contributed by atoms with Gasteiger partial charge in [0, 0.05) is 19.6 Å². The van der Waals surface area contributed by atoms with Crippen LogP contribution in [0.2, 0.25) is 0 Å². The van der Waals surface area contributed by atoms with Crippen LogP contribution < -0.4 is 0 Å². The van der Waals surface area contributed by atoms with Crippen LogP contribution >= 0.6 is 0 Å². The molecule has 15 heavy (non-hydrogen) atoms. The van der Waals surface area contributed by atoms with E-state index in [0.29, 0.717) is 0 Å². The van der Waals surface area contributed by atoms with Crippen LogP contribution in [-0.4, -0.2) is 42.5 Å². The molecule has 0 N–H and O–H groups in total. The van der Waals surface area contributed by atoms with Gasteiger partial charge in [0.15, 0.2) is 0 Å². The van der Waals surface area contributed by atoms with Crippen molar-refractivity contribution in [1.82, 2.24) is 9.80 Å². The van der Waals surface area contributed by atoms with Crippen LogP contribution in [0.5, 0.6) is 0 Å². The summed E-state index contributed by atoms with van der Waals surface area (Å²) < 4.78 is 0. The third-order valence-corrected chi connectivity index (χ3v) is 3.52. The monoisotopic (exact) mass is 208 g/mol. The van der Waals surface area contributed by atoms with Crippen molar-refractivity contribution in [3.63, 3.8) is 0 Å². The number of hydrogen-bond acceptors (Lipinski definition) is 2. The summed E-state index contributed by atoms with van der Waals surface area (Å²) in [4.78, 5) is 5.05. The largest absolute Gasteiger partial charge is 0.378 e. The lowest BCUT2D eigenvalue weighted by molar-refractivity contribution is 0.248. The van der Waals surface area contributed by atoms with Crippen LogP contribution in [0.1, 0.15) is 38.5 Å². The van der Waals surface area contributed by atoms with E-state index in [0.717, 1.165) is 6.54 Å². The van der Waals surface area contributed by atoms with Crippen molar-refractivity contribution in [3.8, 4) is 0 Å². The average Bonchev–Trinajstić information content (AvgIpc) is 2.32. The van der Waals surface area contributed by atoms with E-state index < -0.39 is 0 Å². The van der Waals surface area contributed by atoms with E-state index in [1.165, 1.54) is 64.7 Å². The first-order chi connectivity index (χ1) is 7.45. The van der Waals surface area contributed by atoms with Crippen LogP contribution in [0.4, 0.5) is 0 Å². The van der Waals surface area contributed by atoms with Crippen molar-refractivity contribution in [2.45, 2.75) is 38.5 Å². The molecule has 0 saturated carbocycles. The number of piperidine rings is 2. The van der Waals surface area contributed by atoms with E-state index in [-0.39, 0.29) is 0 Å². The number of nitrogens with zero attached hydrogens (tertiary/aromatic N) is 2. The molecule has 0 aromatic carbocycles. The lowest BCUT2D eigenvalue weighted by atomic mass is 10.1. The molecule has 0 aromatic rings. The van der Waals surface area contributed by atoms with Gasteiger partial charge in [-0.2, -0.15) is 0 Å². The van der Waals surface area contributed by atoms with Crippen molar-refractivity contribution < 1.29 is 0 Å². The molecule has 2 heterocycles. The van der Waals surface area contributed by atoms with E-state index in [1.54, 1.807) is 0 Å². The number of rotatable bonds is 3. The Balaban J connectivity index is 1.64. The molecule has 0 spiro atoms. The second kappa shape index (κ2) is 6.16. The first-order valence-corrected chi connectivity index (χ1v) is 6.58. The maximum Gasteiger partial charge on any atom is 0.0180 e. The Kier molecular flexibility index (Phi) is 4.52. The second-order valence-corrected chi connectivity index (χ2v) is 4.84. The Hall–Kier alpha value is -0.500. The molecule has 2 nitrogen and oxygen atoms in total. The highest BCUT2D eigenvalue weighted by molar-refractivity contribution is 4.87. The molecule has 0 aromatic heterocycles. The van der Waals surface area contributed by atoms with Crippen molar-refractivity contribution in [3.05, 3.63) is 12.3 Å². The van der Waals surface area contributed by atoms with Crippen LogP contribution in [0.25, 0.3) is 0 Å². The standard InChI is InChI=1S/C13H24N2/c1-3-8-14(9-4-1)12-7-13-15-10-5-2-6-11-15/h7,12H,1-6,8-11,13H2. The topological polar surface area (TPSA) is 6.48 Å². The van der Waals surface area contributed by atoms with Gasteiger partial charge in [-0.25, -0.2) is 0 Å². The summed E-state index contributed by atoms with van der Waals surface area (Å²) >= 11 is 0. The maximum atomic E-state index is 2.57. The van der Waals surface area contributed by atoms with Gasteiger partial charge in [-0.05, 0) is 51.4 Å². The third-order valence-electron chi connectivity index (χ3n) is 3.52. The molecule has 2 aliphatic rings. The predicted molar refractivity (Wildman–Crippen MR) is 64.9 cm³/mol. The molecule has 0 unspecified atom stereocenters. The maximum absolute atomic E-state index is 2.57. The number of hydrogen-bond donors (Lipinski definition) is 0. The molecule has 0 radical (unpaired) electrons. The highest BCUT2D eigenvalue weighted by Crippen LogP contribution is 2.10. The van der Waals surface area contributed by atoms with E-state index in [2.05, 4.69) is 22.1 Å². The molecule has 86 valence electrons. The van der Waals surface area contributed by atoms with Gasteiger partial charge in [-0.1, -0.05) is 12.5 Å². The third kappa shape index (κ3) is 3.86. The normalized spacial score (nSPS) is 24.9. The summed E-state index contributed by atoms with van der Waals surface area (Å²) in [7, 11) is 0. The summed E-state index contributed by atoms with van der Waals surface area (Å²) in [6, 6.07) is 0. The van der Waals surface area contributed by atoms with E-state index >= 15 is 0 Å². The van der Waals surface area contributed by atoms with E-state index in [4.69, 9.17) is 0 Å². The molecule has 2 heteroatoms. The minimum absolute atomic E-state index is 1.16. The van der Waals surface area contributed by atoms with Crippen LogP contribution in [-0.2, 0) is 0 Å².